The third kappa shape index (κ3) is 2.37. The van der Waals surface area contributed by atoms with E-state index in [0.29, 0.717) is 0 Å². The van der Waals surface area contributed by atoms with Crippen LogP contribution in [-0.4, -0.2) is 10.8 Å². The minimum atomic E-state index is -0.385. The molecule has 3 nitrogen and oxygen atoms in total. The van der Waals surface area contributed by atoms with Crippen molar-refractivity contribution >= 4 is 28.5 Å². The van der Waals surface area contributed by atoms with Crippen molar-refractivity contribution in [3.8, 4) is 5.69 Å². The monoisotopic (exact) mass is 425 g/mol. The van der Waals surface area contributed by atoms with Crippen molar-refractivity contribution in [2.24, 2.45) is 4.99 Å². The van der Waals surface area contributed by atoms with Gasteiger partial charge in [0.15, 0.2) is 0 Å². The first-order chi connectivity index (χ1) is 16.3. The molecule has 5 aromatic rings. The van der Waals surface area contributed by atoms with Crippen LogP contribution in [0.4, 0.5) is 11.4 Å². The van der Waals surface area contributed by atoms with E-state index in [1.807, 2.05) is 0 Å². The molecule has 3 heteroatoms. The van der Waals surface area contributed by atoms with Gasteiger partial charge in [-0.15, -0.1) is 0 Å². The third-order valence-electron chi connectivity index (χ3n) is 7.24. The standard InChI is InChI=1S/C30H23N3/c1-30-28(24-17-9-11-19-27(24)33(30)22-14-6-3-7-15-22)31-20-25-23-16-8-10-18-26(23)32(29(25)30)21-12-4-2-5-13-21/h2-20,28H,1H3. The van der Waals surface area contributed by atoms with E-state index in [-0.39, 0.29) is 11.6 Å². The van der Waals surface area contributed by atoms with Crippen LogP contribution >= 0.6 is 0 Å². The van der Waals surface area contributed by atoms with Crippen molar-refractivity contribution in [1.82, 2.24) is 4.57 Å². The molecule has 3 heterocycles. The summed E-state index contributed by atoms with van der Waals surface area (Å²) in [7, 11) is 0. The summed E-state index contributed by atoms with van der Waals surface area (Å²) in [5.74, 6) is 0. The Morgan fingerprint density at radius 1 is 0.697 bits per heavy atom. The van der Waals surface area contributed by atoms with Crippen LogP contribution in [0.1, 0.15) is 29.8 Å². The lowest BCUT2D eigenvalue weighted by atomic mass is 9.82. The Bertz CT molecular complexity index is 1530. The second-order valence-corrected chi connectivity index (χ2v) is 9.01. The lowest BCUT2D eigenvalue weighted by Crippen LogP contribution is -2.44. The smallest absolute Gasteiger partial charge is 0.110 e. The van der Waals surface area contributed by atoms with Gasteiger partial charge in [0.1, 0.15) is 11.6 Å². The van der Waals surface area contributed by atoms with Gasteiger partial charge in [-0.3, -0.25) is 4.99 Å². The predicted octanol–water partition coefficient (Wildman–Crippen LogP) is 7.17. The molecule has 0 aliphatic carbocycles. The summed E-state index contributed by atoms with van der Waals surface area (Å²) in [6.45, 7) is 2.36. The van der Waals surface area contributed by atoms with Gasteiger partial charge in [0, 0.05) is 39.8 Å². The molecule has 1 aromatic heterocycles. The van der Waals surface area contributed by atoms with E-state index in [1.165, 1.54) is 44.8 Å². The number of fused-ring (bicyclic) bond motifs is 7. The van der Waals surface area contributed by atoms with Crippen LogP contribution in [0, 0.1) is 0 Å². The van der Waals surface area contributed by atoms with Gasteiger partial charge in [-0.2, -0.15) is 0 Å². The van der Waals surface area contributed by atoms with Gasteiger partial charge < -0.3 is 9.47 Å². The number of hydrogen-bond acceptors (Lipinski definition) is 2. The molecule has 0 saturated carbocycles. The lowest BCUT2D eigenvalue weighted by molar-refractivity contribution is 0.400. The molecule has 2 aliphatic heterocycles. The Morgan fingerprint density at radius 3 is 2.12 bits per heavy atom. The van der Waals surface area contributed by atoms with Gasteiger partial charge in [-0.1, -0.05) is 72.8 Å². The number of nitrogens with zero attached hydrogens (tertiary/aromatic N) is 3. The summed E-state index contributed by atoms with van der Waals surface area (Å²) in [5.41, 5.74) is 8.19. The molecule has 0 spiro atoms. The Balaban J connectivity index is 1.62. The quantitative estimate of drug-likeness (QED) is 0.294. The highest BCUT2D eigenvalue weighted by Crippen LogP contribution is 2.59. The normalized spacial score (nSPS) is 20.5. The molecule has 0 fully saturated rings. The summed E-state index contributed by atoms with van der Waals surface area (Å²) in [4.78, 5) is 7.70. The SMILES string of the molecule is CC12c3c(c4ccccc4n3-c3ccccc3)C=NC1c1ccccc1N2c1ccccc1. The fraction of sp³-hybridized carbons (Fsp3) is 0.100. The molecule has 0 amide bonds. The van der Waals surface area contributed by atoms with E-state index in [1.54, 1.807) is 0 Å². The summed E-state index contributed by atoms with van der Waals surface area (Å²) >= 11 is 0. The number of anilines is 2. The molecule has 7 rings (SSSR count). The molecule has 0 bridgehead atoms. The maximum atomic E-state index is 5.20. The molecule has 0 N–H and O–H groups in total. The van der Waals surface area contributed by atoms with E-state index in [2.05, 4.69) is 132 Å². The van der Waals surface area contributed by atoms with Crippen LogP contribution in [0.5, 0.6) is 0 Å². The van der Waals surface area contributed by atoms with E-state index >= 15 is 0 Å². The van der Waals surface area contributed by atoms with Crippen molar-refractivity contribution in [1.29, 1.82) is 0 Å². The van der Waals surface area contributed by atoms with Crippen molar-refractivity contribution in [3.63, 3.8) is 0 Å². The fourth-order valence-corrected chi connectivity index (χ4v) is 5.93. The fourth-order valence-electron chi connectivity index (χ4n) is 5.93. The second-order valence-electron chi connectivity index (χ2n) is 9.01. The van der Waals surface area contributed by atoms with Crippen LogP contribution in [0.2, 0.25) is 0 Å². The Labute approximate surface area is 193 Å². The lowest BCUT2D eigenvalue weighted by Gasteiger charge is -2.42. The number of para-hydroxylation sites is 4. The van der Waals surface area contributed by atoms with Gasteiger partial charge >= 0.3 is 0 Å². The van der Waals surface area contributed by atoms with Crippen LogP contribution in [0.25, 0.3) is 16.6 Å². The molecule has 33 heavy (non-hydrogen) atoms. The highest BCUT2D eigenvalue weighted by molar-refractivity contribution is 6.04. The van der Waals surface area contributed by atoms with Gasteiger partial charge in [-0.25, -0.2) is 0 Å². The number of benzene rings is 4. The number of rotatable bonds is 2. The predicted molar refractivity (Wildman–Crippen MR) is 136 cm³/mol. The molecule has 2 unspecified atom stereocenters. The highest BCUT2D eigenvalue weighted by Gasteiger charge is 2.54. The number of aromatic nitrogens is 1. The molecular formula is C30H23N3. The summed E-state index contributed by atoms with van der Waals surface area (Å²) in [6.07, 6.45) is 2.11. The van der Waals surface area contributed by atoms with Crippen molar-refractivity contribution < 1.29 is 0 Å². The van der Waals surface area contributed by atoms with Crippen LogP contribution in [0.15, 0.2) is 114 Å². The second kappa shape index (κ2) is 6.69. The molecule has 158 valence electrons. The minimum Gasteiger partial charge on any atom is -0.327 e. The highest BCUT2D eigenvalue weighted by atomic mass is 15.3. The van der Waals surface area contributed by atoms with Crippen LogP contribution < -0.4 is 4.90 Å². The average molecular weight is 426 g/mol. The molecule has 2 aliphatic rings. The molecule has 0 radical (unpaired) electrons. The molecule has 2 atom stereocenters. The Kier molecular flexibility index (Phi) is 3.74. The van der Waals surface area contributed by atoms with Crippen LogP contribution in [0.3, 0.4) is 0 Å². The van der Waals surface area contributed by atoms with Gasteiger partial charge in [-0.05, 0) is 43.3 Å². The molecular weight excluding hydrogens is 402 g/mol. The van der Waals surface area contributed by atoms with Gasteiger partial charge in [0.25, 0.3) is 0 Å². The third-order valence-corrected chi connectivity index (χ3v) is 7.24. The molecule has 4 aromatic carbocycles. The maximum absolute atomic E-state index is 5.20. The Hall–Kier alpha value is -4.11. The largest absolute Gasteiger partial charge is 0.327 e. The Morgan fingerprint density at radius 2 is 1.33 bits per heavy atom. The first-order valence-corrected chi connectivity index (χ1v) is 11.5. The first kappa shape index (κ1) is 18.5. The summed E-state index contributed by atoms with van der Waals surface area (Å²) in [5, 5.41) is 1.24. The van der Waals surface area contributed by atoms with E-state index in [0.717, 1.165) is 0 Å². The topological polar surface area (TPSA) is 20.5 Å². The van der Waals surface area contributed by atoms with Crippen molar-refractivity contribution in [2.45, 2.75) is 18.5 Å². The van der Waals surface area contributed by atoms with Crippen molar-refractivity contribution in [2.75, 3.05) is 4.90 Å². The van der Waals surface area contributed by atoms with Crippen LogP contribution in [-0.2, 0) is 5.54 Å². The zero-order valence-corrected chi connectivity index (χ0v) is 18.4. The van der Waals surface area contributed by atoms with Gasteiger partial charge in [0.05, 0.1) is 11.2 Å². The zero-order chi connectivity index (χ0) is 22.0. The van der Waals surface area contributed by atoms with Gasteiger partial charge in [0.2, 0.25) is 0 Å². The number of hydrogen-bond donors (Lipinski definition) is 0. The minimum absolute atomic E-state index is 0.00757. The summed E-state index contributed by atoms with van der Waals surface area (Å²) < 4.78 is 2.45. The number of aliphatic imine (C=N–C) groups is 1. The van der Waals surface area contributed by atoms with E-state index in [9.17, 15) is 0 Å². The zero-order valence-electron chi connectivity index (χ0n) is 18.4. The first-order valence-electron chi connectivity index (χ1n) is 11.5. The average Bonchev–Trinajstić information content (AvgIpc) is 3.35. The van der Waals surface area contributed by atoms with E-state index < -0.39 is 0 Å². The summed E-state index contributed by atoms with van der Waals surface area (Å²) in [6, 6.07) is 38.9. The van der Waals surface area contributed by atoms with Crippen molar-refractivity contribution in [3.05, 3.63) is 126 Å². The maximum Gasteiger partial charge on any atom is 0.110 e. The molecule has 0 saturated heterocycles. The van der Waals surface area contributed by atoms with E-state index in [4.69, 9.17) is 4.99 Å².